The van der Waals surface area contributed by atoms with Crippen LogP contribution in [0.4, 0.5) is 0 Å². The number of nitrogens with zero attached hydrogens (tertiary/aromatic N) is 2. The van der Waals surface area contributed by atoms with Crippen LogP contribution in [0, 0.1) is 0 Å². The number of hydrazone groups is 1. The van der Waals surface area contributed by atoms with Crippen LogP contribution in [-0.4, -0.2) is 17.1 Å². The molecule has 0 aliphatic rings. The Kier molecular flexibility index (Phi) is 6.11. The summed E-state index contributed by atoms with van der Waals surface area (Å²) in [5.74, 6) is 0.593. The second-order valence-electron chi connectivity index (χ2n) is 6.79. The minimum atomic E-state index is -0.155. The van der Waals surface area contributed by atoms with Crippen molar-refractivity contribution in [3.8, 4) is 5.75 Å². The third kappa shape index (κ3) is 5.08. The van der Waals surface area contributed by atoms with Crippen LogP contribution < -0.4 is 10.2 Å². The number of benzene rings is 3. The molecule has 0 spiro atoms. The summed E-state index contributed by atoms with van der Waals surface area (Å²) in [6, 6.07) is 27.2. The molecule has 0 fully saturated rings. The van der Waals surface area contributed by atoms with Crippen LogP contribution in [0.5, 0.6) is 5.75 Å². The minimum absolute atomic E-state index is 0.155. The lowest BCUT2D eigenvalue weighted by Gasteiger charge is -2.06. The Morgan fingerprint density at radius 2 is 1.73 bits per heavy atom. The van der Waals surface area contributed by atoms with Gasteiger partial charge in [-0.25, -0.2) is 5.43 Å². The summed E-state index contributed by atoms with van der Waals surface area (Å²) in [6.07, 6.45) is 3.63. The molecule has 5 heteroatoms. The van der Waals surface area contributed by atoms with Crippen LogP contribution in [0.15, 0.2) is 96.2 Å². The molecule has 1 aromatic heterocycles. The number of pyridine rings is 1. The van der Waals surface area contributed by atoms with Gasteiger partial charge in [0, 0.05) is 6.20 Å². The summed E-state index contributed by atoms with van der Waals surface area (Å²) in [7, 11) is 0. The van der Waals surface area contributed by atoms with E-state index in [1.165, 1.54) is 0 Å². The van der Waals surface area contributed by atoms with E-state index in [9.17, 15) is 4.79 Å². The number of nitrogens with one attached hydrogen (secondary N) is 1. The third-order valence-corrected chi connectivity index (χ3v) is 4.63. The highest BCUT2D eigenvalue weighted by atomic mass is 16.5. The molecule has 5 nitrogen and oxygen atoms in total. The molecule has 0 saturated carbocycles. The molecule has 0 saturated heterocycles. The first-order valence-corrected chi connectivity index (χ1v) is 9.69. The molecular formula is C25H21N3O2. The van der Waals surface area contributed by atoms with E-state index in [1.54, 1.807) is 12.4 Å². The zero-order valence-electron chi connectivity index (χ0n) is 16.4. The van der Waals surface area contributed by atoms with Crippen molar-refractivity contribution in [3.05, 3.63) is 108 Å². The van der Waals surface area contributed by atoms with Crippen molar-refractivity contribution in [3.63, 3.8) is 0 Å². The fraction of sp³-hybridized carbons (Fsp3) is 0.0800. The van der Waals surface area contributed by atoms with Gasteiger partial charge in [-0.1, -0.05) is 48.5 Å². The molecule has 1 N–H and O–H groups in total. The molecule has 4 rings (SSSR count). The maximum absolute atomic E-state index is 12.3. The molecule has 0 aliphatic heterocycles. The highest BCUT2D eigenvalue weighted by Crippen LogP contribution is 2.18. The molecule has 1 heterocycles. The topological polar surface area (TPSA) is 63.6 Å². The Morgan fingerprint density at radius 3 is 2.57 bits per heavy atom. The summed E-state index contributed by atoms with van der Waals surface area (Å²) in [4.78, 5) is 16.5. The first-order valence-electron chi connectivity index (χ1n) is 9.69. The van der Waals surface area contributed by atoms with Gasteiger partial charge in [0.2, 0.25) is 5.91 Å². The summed E-state index contributed by atoms with van der Waals surface area (Å²) >= 11 is 0. The lowest BCUT2D eigenvalue weighted by molar-refractivity contribution is -0.120. The molecule has 0 atom stereocenters. The van der Waals surface area contributed by atoms with Crippen LogP contribution in [-0.2, 0) is 17.8 Å². The number of hydrogen-bond acceptors (Lipinski definition) is 4. The van der Waals surface area contributed by atoms with Crippen LogP contribution in [0.25, 0.3) is 10.8 Å². The van der Waals surface area contributed by atoms with Crippen molar-refractivity contribution in [2.45, 2.75) is 13.0 Å². The van der Waals surface area contributed by atoms with Crippen LogP contribution >= 0.6 is 0 Å². The first kappa shape index (κ1) is 19.3. The second kappa shape index (κ2) is 9.47. The molecular weight excluding hydrogens is 374 g/mol. The van der Waals surface area contributed by atoms with E-state index >= 15 is 0 Å². The highest BCUT2D eigenvalue weighted by Gasteiger charge is 2.06. The van der Waals surface area contributed by atoms with Gasteiger partial charge in [-0.3, -0.25) is 9.78 Å². The van der Waals surface area contributed by atoms with Gasteiger partial charge < -0.3 is 4.74 Å². The van der Waals surface area contributed by atoms with Gasteiger partial charge >= 0.3 is 0 Å². The number of amides is 1. The average molecular weight is 395 g/mol. The van der Waals surface area contributed by atoms with Gasteiger partial charge in [0.1, 0.15) is 12.4 Å². The zero-order valence-corrected chi connectivity index (χ0v) is 16.4. The Morgan fingerprint density at radius 1 is 0.933 bits per heavy atom. The lowest BCUT2D eigenvalue weighted by atomic mass is 10.0. The Bertz CT molecular complexity index is 1150. The minimum Gasteiger partial charge on any atom is -0.487 e. The van der Waals surface area contributed by atoms with Gasteiger partial charge in [0.25, 0.3) is 0 Å². The fourth-order valence-electron chi connectivity index (χ4n) is 3.13. The highest BCUT2D eigenvalue weighted by molar-refractivity contribution is 5.90. The number of aromatic nitrogens is 1. The number of carbonyl (C=O) groups is 1. The van der Waals surface area contributed by atoms with Crippen molar-refractivity contribution in [2.75, 3.05) is 0 Å². The van der Waals surface area contributed by atoms with Crippen molar-refractivity contribution < 1.29 is 9.53 Å². The summed E-state index contributed by atoms with van der Waals surface area (Å²) in [6.45, 7) is 0.415. The maximum atomic E-state index is 12.3. The SMILES string of the molecule is O=C(Cc1cccc2ccccc12)N/N=C\c1ccc(OCc2ccccn2)cc1. The first-order chi connectivity index (χ1) is 14.8. The largest absolute Gasteiger partial charge is 0.487 e. The monoisotopic (exact) mass is 395 g/mol. The fourth-order valence-corrected chi connectivity index (χ4v) is 3.13. The van der Waals surface area contributed by atoms with Crippen LogP contribution in [0.2, 0.25) is 0 Å². The molecule has 30 heavy (non-hydrogen) atoms. The van der Waals surface area contributed by atoms with Crippen LogP contribution in [0.3, 0.4) is 0 Å². The van der Waals surface area contributed by atoms with Crippen molar-refractivity contribution in [1.82, 2.24) is 10.4 Å². The molecule has 4 aromatic rings. The van der Waals surface area contributed by atoms with E-state index in [0.29, 0.717) is 6.61 Å². The number of carbonyl (C=O) groups excluding carboxylic acids is 1. The van der Waals surface area contributed by atoms with Crippen molar-refractivity contribution >= 4 is 22.9 Å². The molecule has 3 aromatic carbocycles. The molecule has 0 unspecified atom stereocenters. The van der Waals surface area contributed by atoms with Crippen molar-refractivity contribution in [1.29, 1.82) is 0 Å². The zero-order chi connectivity index (χ0) is 20.6. The van der Waals surface area contributed by atoms with Crippen molar-refractivity contribution in [2.24, 2.45) is 5.10 Å². The molecule has 0 radical (unpaired) electrons. The number of ether oxygens (including phenoxy) is 1. The lowest BCUT2D eigenvalue weighted by Crippen LogP contribution is -2.19. The summed E-state index contributed by atoms with van der Waals surface area (Å²) in [5.41, 5.74) is 5.32. The standard InChI is InChI=1S/C25H21N3O2/c29-25(16-21-8-5-7-20-6-1-2-10-24(20)21)28-27-17-19-11-13-23(14-12-19)30-18-22-9-3-4-15-26-22/h1-15,17H,16,18H2,(H,28,29)/b27-17-. The third-order valence-electron chi connectivity index (χ3n) is 4.63. The van der Waals surface area contributed by atoms with Gasteiger partial charge in [-0.15, -0.1) is 0 Å². The average Bonchev–Trinajstić information content (AvgIpc) is 2.79. The van der Waals surface area contributed by atoms with Gasteiger partial charge in [0.05, 0.1) is 18.3 Å². The van der Waals surface area contributed by atoms with E-state index in [-0.39, 0.29) is 12.3 Å². The quantitative estimate of drug-likeness (QED) is 0.370. The van der Waals surface area contributed by atoms with E-state index in [2.05, 4.69) is 15.5 Å². The van der Waals surface area contributed by atoms with Gasteiger partial charge in [-0.05, 0) is 58.3 Å². The number of hydrogen-bond donors (Lipinski definition) is 1. The van der Waals surface area contributed by atoms with Gasteiger partial charge in [0.15, 0.2) is 0 Å². The Hall–Kier alpha value is -3.99. The van der Waals surface area contributed by atoms with E-state index in [1.807, 2.05) is 84.9 Å². The Labute approximate surface area is 175 Å². The van der Waals surface area contributed by atoms with Crippen LogP contribution in [0.1, 0.15) is 16.8 Å². The van der Waals surface area contributed by atoms with Gasteiger partial charge in [-0.2, -0.15) is 5.10 Å². The number of fused-ring (bicyclic) bond motifs is 1. The molecule has 148 valence electrons. The predicted octanol–water partition coefficient (Wildman–Crippen LogP) is 4.51. The molecule has 0 aliphatic carbocycles. The second-order valence-corrected chi connectivity index (χ2v) is 6.79. The predicted molar refractivity (Wildman–Crippen MR) is 118 cm³/mol. The maximum Gasteiger partial charge on any atom is 0.244 e. The summed E-state index contributed by atoms with van der Waals surface area (Å²) < 4.78 is 5.71. The Balaban J connectivity index is 1.30. The van der Waals surface area contributed by atoms with E-state index in [0.717, 1.165) is 33.3 Å². The molecule has 1 amide bonds. The van der Waals surface area contributed by atoms with E-state index in [4.69, 9.17) is 4.74 Å². The summed E-state index contributed by atoms with van der Waals surface area (Å²) in [5, 5.41) is 6.27. The smallest absolute Gasteiger partial charge is 0.244 e. The van der Waals surface area contributed by atoms with E-state index < -0.39 is 0 Å². The molecule has 0 bridgehead atoms. The normalized spacial score (nSPS) is 10.9. The number of rotatable bonds is 7.